The van der Waals surface area contributed by atoms with E-state index in [9.17, 15) is 4.79 Å². The molecule has 2 rings (SSSR count). The van der Waals surface area contributed by atoms with Crippen molar-refractivity contribution in [3.63, 3.8) is 0 Å². The van der Waals surface area contributed by atoms with Crippen molar-refractivity contribution in [2.24, 2.45) is 0 Å². The molecule has 4 heteroatoms. The van der Waals surface area contributed by atoms with Crippen LogP contribution in [0.1, 0.15) is 24.0 Å². The van der Waals surface area contributed by atoms with Gasteiger partial charge in [0.2, 0.25) is 0 Å². The van der Waals surface area contributed by atoms with Crippen LogP contribution in [0.25, 0.3) is 10.9 Å². The van der Waals surface area contributed by atoms with Crippen LogP contribution in [0, 0.1) is 6.92 Å². The maximum Gasteiger partial charge on any atom is 0.303 e. The van der Waals surface area contributed by atoms with Gasteiger partial charge in [-0.15, -0.1) is 0 Å². The van der Waals surface area contributed by atoms with Crippen LogP contribution in [-0.4, -0.2) is 16.1 Å². The number of rotatable bonds is 4. The Bertz CT molecular complexity index is 596. The Hall–Kier alpha value is -1.61. The number of fused-ring (bicyclic) bond motifs is 1. The van der Waals surface area contributed by atoms with Gasteiger partial charge in [0.15, 0.2) is 0 Å². The van der Waals surface area contributed by atoms with Gasteiger partial charge in [0.1, 0.15) is 5.15 Å². The fourth-order valence-electron chi connectivity index (χ4n) is 1.91. The number of hydrogen-bond donors (Lipinski definition) is 1. The molecule has 0 bridgehead atoms. The predicted octanol–water partition coefficient (Wildman–Crippen LogP) is 3.60. The Labute approximate surface area is 110 Å². The highest BCUT2D eigenvalue weighted by Gasteiger charge is 2.03. The van der Waals surface area contributed by atoms with Gasteiger partial charge in [0.25, 0.3) is 0 Å². The van der Waals surface area contributed by atoms with E-state index >= 15 is 0 Å². The van der Waals surface area contributed by atoms with Gasteiger partial charge in [-0.3, -0.25) is 4.79 Å². The molecule has 18 heavy (non-hydrogen) atoms. The van der Waals surface area contributed by atoms with Gasteiger partial charge in [-0.05, 0) is 49.1 Å². The van der Waals surface area contributed by atoms with Crippen LogP contribution in [0.2, 0.25) is 5.15 Å². The Balaban J connectivity index is 2.21. The van der Waals surface area contributed by atoms with Crippen LogP contribution in [0.5, 0.6) is 0 Å². The molecule has 0 unspecified atom stereocenters. The lowest BCUT2D eigenvalue weighted by Gasteiger charge is -2.05. The Kier molecular flexibility index (Phi) is 3.82. The molecule has 0 atom stereocenters. The first-order valence-corrected chi connectivity index (χ1v) is 6.21. The van der Waals surface area contributed by atoms with E-state index in [0.717, 1.165) is 28.5 Å². The fraction of sp³-hybridized carbons (Fsp3) is 0.286. The van der Waals surface area contributed by atoms with Crippen LogP contribution in [0.3, 0.4) is 0 Å². The lowest BCUT2D eigenvalue weighted by molar-refractivity contribution is -0.137. The molecular weight excluding hydrogens is 250 g/mol. The first-order valence-electron chi connectivity index (χ1n) is 5.84. The van der Waals surface area contributed by atoms with E-state index in [1.54, 1.807) is 0 Å². The summed E-state index contributed by atoms with van der Waals surface area (Å²) in [5.74, 6) is -0.750. The summed E-state index contributed by atoms with van der Waals surface area (Å²) >= 11 is 5.97. The fourth-order valence-corrected chi connectivity index (χ4v) is 2.05. The van der Waals surface area contributed by atoms with Crippen molar-refractivity contribution in [1.82, 2.24) is 4.98 Å². The summed E-state index contributed by atoms with van der Waals surface area (Å²) in [6, 6.07) is 7.96. The largest absolute Gasteiger partial charge is 0.481 e. The van der Waals surface area contributed by atoms with Crippen molar-refractivity contribution < 1.29 is 9.90 Å². The first-order chi connectivity index (χ1) is 8.56. The van der Waals surface area contributed by atoms with Gasteiger partial charge in [-0.2, -0.15) is 0 Å². The van der Waals surface area contributed by atoms with Crippen LogP contribution >= 0.6 is 11.6 Å². The molecule has 0 aliphatic carbocycles. The Morgan fingerprint density at radius 1 is 1.39 bits per heavy atom. The summed E-state index contributed by atoms with van der Waals surface area (Å²) < 4.78 is 0. The maximum absolute atomic E-state index is 10.5. The van der Waals surface area contributed by atoms with Crippen molar-refractivity contribution >= 4 is 28.5 Å². The zero-order valence-corrected chi connectivity index (χ0v) is 10.9. The monoisotopic (exact) mass is 263 g/mol. The molecule has 0 radical (unpaired) electrons. The van der Waals surface area contributed by atoms with Crippen LogP contribution < -0.4 is 0 Å². The number of benzene rings is 1. The minimum atomic E-state index is -0.750. The van der Waals surface area contributed by atoms with Crippen molar-refractivity contribution in [3.8, 4) is 0 Å². The highest BCUT2D eigenvalue weighted by molar-refractivity contribution is 6.30. The predicted molar refractivity (Wildman–Crippen MR) is 72.1 cm³/mol. The molecule has 0 amide bonds. The van der Waals surface area contributed by atoms with E-state index in [-0.39, 0.29) is 6.42 Å². The van der Waals surface area contributed by atoms with Crippen LogP contribution in [0.4, 0.5) is 0 Å². The summed E-state index contributed by atoms with van der Waals surface area (Å²) in [4.78, 5) is 14.8. The molecule has 0 saturated carbocycles. The molecule has 2 aromatic rings. The van der Waals surface area contributed by atoms with E-state index < -0.39 is 5.97 Å². The van der Waals surface area contributed by atoms with Gasteiger partial charge >= 0.3 is 5.97 Å². The number of pyridine rings is 1. The second kappa shape index (κ2) is 5.36. The van der Waals surface area contributed by atoms with Crippen molar-refractivity contribution in [3.05, 3.63) is 40.5 Å². The number of nitrogens with zero attached hydrogens (tertiary/aromatic N) is 1. The molecule has 1 N–H and O–H groups in total. The number of aliphatic carboxylic acids is 1. The molecule has 0 aliphatic heterocycles. The molecular formula is C14H14ClNO2. The molecule has 94 valence electrons. The molecule has 0 fully saturated rings. The normalized spacial score (nSPS) is 10.8. The van der Waals surface area contributed by atoms with Gasteiger partial charge in [0, 0.05) is 11.8 Å². The minimum Gasteiger partial charge on any atom is -0.481 e. The highest BCUT2D eigenvalue weighted by Crippen LogP contribution is 2.21. The number of aryl methyl sites for hydroxylation is 2. The third kappa shape index (κ3) is 2.99. The Morgan fingerprint density at radius 2 is 2.17 bits per heavy atom. The summed E-state index contributed by atoms with van der Waals surface area (Å²) in [5.41, 5.74) is 2.95. The third-order valence-electron chi connectivity index (χ3n) is 2.86. The first kappa shape index (κ1) is 12.8. The molecule has 1 heterocycles. The number of hydrogen-bond acceptors (Lipinski definition) is 2. The topological polar surface area (TPSA) is 50.2 Å². The summed E-state index contributed by atoms with van der Waals surface area (Å²) in [7, 11) is 0. The van der Waals surface area contributed by atoms with Crippen LogP contribution in [-0.2, 0) is 11.2 Å². The number of carboxylic acids is 1. The molecule has 3 nitrogen and oxygen atoms in total. The van der Waals surface area contributed by atoms with E-state index in [1.165, 1.54) is 0 Å². The second-order valence-corrected chi connectivity index (χ2v) is 4.73. The smallest absolute Gasteiger partial charge is 0.303 e. The van der Waals surface area contributed by atoms with Crippen LogP contribution in [0.15, 0.2) is 24.3 Å². The standard InChI is InChI=1S/C14H14ClNO2/c1-9-7-11-8-10(3-2-4-13(17)18)5-6-12(11)16-14(9)15/h5-8H,2-4H2,1H3,(H,17,18). The minimum absolute atomic E-state index is 0.204. The lowest BCUT2D eigenvalue weighted by Crippen LogP contribution is -1.96. The van der Waals surface area contributed by atoms with Crippen molar-refractivity contribution in [2.75, 3.05) is 0 Å². The summed E-state index contributed by atoms with van der Waals surface area (Å²) in [6.45, 7) is 1.92. The summed E-state index contributed by atoms with van der Waals surface area (Å²) in [5, 5.41) is 10.2. The van der Waals surface area contributed by atoms with Gasteiger partial charge in [-0.25, -0.2) is 4.98 Å². The van der Waals surface area contributed by atoms with E-state index in [2.05, 4.69) is 4.98 Å². The van der Waals surface area contributed by atoms with Gasteiger partial charge in [0.05, 0.1) is 5.52 Å². The average Bonchev–Trinajstić information content (AvgIpc) is 2.30. The molecule has 1 aromatic carbocycles. The number of halogens is 1. The van der Waals surface area contributed by atoms with E-state index in [1.807, 2.05) is 31.2 Å². The quantitative estimate of drug-likeness (QED) is 0.858. The van der Waals surface area contributed by atoms with Gasteiger partial charge < -0.3 is 5.11 Å². The highest BCUT2D eigenvalue weighted by atomic mass is 35.5. The maximum atomic E-state index is 10.5. The number of carboxylic acid groups (broad SMARTS) is 1. The number of aromatic nitrogens is 1. The summed E-state index contributed by atoms with van der Waals surface area (Å²) in [6.07, 6.45) is 1.63. The van der Waals surface area contributed by atoms with E-state index in [0.29, 0.717) is 11.6 Å². The second-order valence-electron chi connectivity index (χ2n) is 4.37. The third-order valence-corrected chi connectivity index (χ3v) is 3.25. The zero-order chi connectivity index (χ0) is 13.1. The lowest BCUT2D eigenvalue weighted by atomic mass is 10.0. The Morgan fingerprint density at radius 3 is 2.89 bits per heavy atom. The van der Waals surface area contributed by atoms with Crippen molar-refractivity contribution in [1.29, 1.82) is 0 Å². The molecule has 0 saturated heterocycles. The number of carbonyl (C=O) groups is 1. The van der Waals surface area contributed by atoms with E-state index in [4.69, 9.17) is 16.7 Å². The average molecular weight is 264 g/mol. The zero-order valence-electron chi connectivity index (χ0n) is 10.1. The molecule has 1 aromatic heterocycles. The molecule has 0 aliphatic rings. The SMILES string of the molecule is Cc1cc2cc(CCCC(=O)O)ccc2nc1Cl. The molecule has 0 spiro atoms. The van der Waals surface area contributed by atoms with Gasteiger partial charge in [-0.1, -0.05) is 17.7 Å². The van der Waals surface area contributed by atoms with Crippen molar-refractivity contribution in [2.45, 2.75) is 26.2 Å².